The van der Waals surface area contributed by atoms with E-state index in [1.807, 2.05) is 18.2 Å². The van der Waals surface area contributed by atoms with Crippen LogP contribution in [0.25, 0.3) is 10.1 Å². The Bertz CT molecular complexity index is 627. The first kappa shape index (κ1) is 10.5. The SMILES string of the molecule is NC(c1ccccc1)c1csc2ccccc12. The second-order valence-corrected chi connectivity index (χ2v) is 4.99. The summed E-state index contributed by atoms with van der Waals surface area (Å²) < 4.78 is 1.30. The minimum atomic E-state index is -0.0349. The first-order valence-electron chi connectivity index (χ1n) is 5.63. The predicted molar refractivity (Wildman–Crippen MR) is 74.3 cm³/mol. The van der Waals surface area contributed by atoms with Gasteiger partial charge in [0.15, 0.2) is 0 Å². The van der Waals surface area contributed by atoms with Crippen molar-refractivity contribution in [1.29, 1.82) is 0 Å². The van der Waals surface area contributed by atoms with E-state index < -0.39 is 0 Å². The summed E-state index contributed by atoms with van der Waals surface area (Å²) in [6, 6.07) is 18.6. The Balaban J connectivity index is 2.10. The molecule has 0 amide bonds. The van der Waals surface area contributed by atoms with Crippen molar-refractivity contribution in [2.45, 2.75) is 6.04 Å². The molecule has 0 aliphatic carbocycles. The molecule has 3 aromatic rings. The largest absolute Gasteiger partial charge is 0.320 e. The van der Waals surface area contributed by atoms with Crippen molar-refractivity contribution < 1.29 is 0 Å². The molecule has 1 atom stereocenters. The van der Waals surface area contributed by atoms with Gasteiger partial charge in [0.1, 0.15) is 0 Å². The van der Waals surface area contributed by atoms with E-state index in [4.69, 9.17) is 5.73 Å². The zero-order valence-electron chi connectivity index (χ0n) is 9.34. The molecule has 1 aromatic heterocycles. The van der Waals surface area contributed by atoms with Crippen LogP contribution in [0.2, 0.25) is 0 Å². The molecule has 2 aromatic carbocycles. The van der Waals surface area contributed by atoms with E-state index >= 15 is 0 Å². The van der Waals surface area contributed by atoms with Crippen LogP contribution < -0.4 is 5.73 Å². The molecule has 1 unspecified atom stereocenters. The highest BCUT2D eigenvalue weighted by atomic mass is 32.1. The van der Waals surface area contributed by atoms with Crippen LogP contribution in [0, 0.1) is 0 Å². The van der Waals surface area contributed by atoms with Crippen molar-refractivity contribution in [3.8, 4) is 0 Å². The van der Waals surface area contributed by atoms with Gasteiger partial charge in [-0.2, -0.15) is 0 Å². The summed E-state index contributed by atoms with van der Waals surface area (Å²) in [5.74, 6) is 0. The van der Waals surface area contributed by atoms with Crippen molar-refractivity contribution in [2.75, 3.05) is 0 Å². The standard InChI is InChI=1S/C15H13NS/c16-15(11-6-2-1-3-7-11)13-10-17-14-9-5-4-8-12(13)14/h1-10,15H,16H2. The van der Waals surface area contributed by atoms with Crippen LogP contribution in [0.15, 0.2) is 60.0 Å². The maximum atomic E-state index is 6.33. The number of rotatable bonds is 2. The van der Waals surface area contributed by atoms with Gasteiger partial charge in [0.25, 0.3) is 0 Å². The Morgan fingerprint density at radius 1 is 0.882 bits per heavy atom. The third-order valence-electron chi connectivity index (χ3n) is 3.00. The number of nitrogens with two attached hydrogens (primary N) is 1. The first-order chi connectivity index (χ1) is 8.36. The van der Waals surface area contributed by atoms with Crippen molar-refractivity contribution in [3.63, 3.8) is 0 Å². The van der Waals surface area contributed by atoms with Gasteiger partial charge in [-0.3, -0.25) is 0 Å². The van der Waals surface area contributed by atoms with Gasteiger partial charge < -0.3 is 5.73 Å². The summed E-state index contributed by atoms with van der Waals surface area (Å²) in [5, 5.41) is 3.44. The number of hydrogen-bond acceptors (Lipinski definition) is 2. The molecule has 0 radical (unpaired) electrons. The van der Waals surface area contributed by atoms with Crippen molar-refractivity contribution in [1.82, 2.24) is 0 Å². The molecule has 0 aliphatic heterocycles. The van der Waals surface area contributed by atoms with Crippen molar-refractivity contribution in [3.05, 3.63) is 71.1 Å². The summed E-state index contributed by atoms with van der Waals surface area (Å²) in [5.41, 5.74) is 8.72. The summed E-state index contributed by atoms with van der Waals surface area (Å²) >= 11 is 1.76. The number of thiophene rings is 1. The van der Waals surface area contributed by atoms with Gasteiger partial charge in [-0.25, -0.2) is 0 Å². The fourth-order valence-corrected chi connectivity index (χ4v) is 3.08. The van der Waals surface area contributed by atoms with Crippen LogP contribution in [-0.2, 0) is 0 Å². The van der Waals surface area contributed by atoms with Crippen molar-refractivity contribution in [2.24, 2.45) is 5.73 Å². The van der Waals surface area contributed by atoms with E-state index in [9.17, 15) is 0 Å². The number of fused-ring (bicyclic) bond motifs is 1. The highest BCUT2D eigenvalue weighted by Crippen LogP contribution is 2.31. The molecule has 2 heteroatoms. The van der Waals surface area contributed by atoms with E-state index in [2.05, 4.69) is 41.8 Å². The molecule has 0 spiro atoms. The normalized spacial score (nSPS) is 12.8. The van der Waals surface area contributed by atoms with Gasteiger partial charge in [0.05, 0.1) is 6.04 Å². The molecular formula is C15H13NS. The lowest BCUT2D eigenvalue weighted by Crippen LogP contribution is -2.10. The van der Waals surface area contributed by atoms with Gasteiger partial charge >= 0.3 is 0 Å². The van der Waals surface area contributed by atoms with Crippen LogP contribution in [0.3, 0.4) is 0 Å². The van der Waals surface area contributed by atoms with Crippen LogP contribution in [0.1, 0.15) is 17.2 Å². The van der Waals surface area contributed by atoms with Crippen LogP contribution in [-0.4, -0.2) is 0 Å². The Morgan fingerprint density at radius 3 is 2.41 bits per heavy atom. The Hall–Kier alpha value is -1.64. The zero-order chi connectivity index (χ0) is 11.7. The summed E-state index contributed by atoms with van der Waals surface area (Å²) in [6.45, 7) is 0. The van der Waals surface area contributed by atoms with Gasteiger partial charge in [0, 0.05) is 4.70 Å². The molecule has 0 saturated heterocycles. The monoisotopic (exact) mass is 239 g/mol. The van der Waals surface area contributed by atoms with E-state index in [0.29, 0.717) is 0 Å². The van der Waals surface area contributed by atoms with Crippen LogP contribution in [0.5, 0.6) is 0 Å². The Kier molecular flexibility index (Phi) is 2.67. The zero-order valence-corrected chi connectivity index (χ0v) is 10.2. The highest BCUT2D eigenvalue weighted by Gasteiger charge is 2.12. The molecule has 1 nitrogen and oxygen atoms in total. The average Bonchev–Trinajstić information content (AvgIpc) is 2.83. The molecule has 84 valence electrons. The highest BCUT2D eigenvalue weighted by molar-refractivity contribution is 7.17. The molecule has 17 heavy (non-hydrogen) atoms. The molecule has 0 bridgehead atoms. The summed E-state index contributed by atoms with van der Waals surface area (Å²) in [7, 11) is 0. The smallest absolute Gasteiger partial charge is 0.0566 e. The van der Waals surface area contributed by atoms with Gasteiger partial charge in [-0.15, -0.1) is 11.3 Å². The van der Waals surface area contributed by atoms with E-state index in [1.54, 1.807) is 11.3 Å². The molecule has 0 saturated carbocycles. The van der Waals surface area contributed by atoms with Gasteiger partial charge in [-0.1, -0.05) is 48.5 Å². The lowest BCUT2D eigenvalue weighted by molar-refractivity contribution is 0.885. The summed E-state index contributed by atoms with van der Waals surface area (Å²) in [6.07, 6.45) is 0. The van der Waals surface area contributed by atoms with Crippen molar-refractivity contribution >= 4 is 21.4 Å². The predicted octanol–water partition coefficient (Wildman–Crippen LogP) is 3.95. The Labute approximate surface area is 105 Å². The lowest BCUT2D eigenvalue weighted by atomic mass is 9.99. The Morgan fingerprint density at radius 2 is 1.59 bits per heavy atom. The molecule has 1 heterocycles. The maximum absolute atomic E-state index is 6.33. The van der Waals surface area contributed by atoms with Crippen LogP contribution >= 0.6 is 11.3 Å². The molecular weight excluding hydrogens is 226 g/mol. The maximum Gasteiger partial charge on any atom is 0.0566 e. The lowest BCUT2D eigenvalue weighted by Gasteiger charge is -2.11. The van der Waals surface area contributed by atoms with E-state index in [0.717, 1.165) is 5.56 Å². The molecule has 2 N–H and O–H groups in total. The fourth-order valence-electron chi connectivity index (χ4n) is 2.08. The first-order valence-corrected chi connectivity index (χ1v) is 6.51. The fraction of sp³-hybridized carbons (Fsp3) is 0.0667. The van der Waals surface area contributed by atoms with Gasteiger partial charge in [-0.05, 0) is 28.0 Å². The summed E-state index contributed by atoms with van der Waals surface area (Å²) in [4.78, 5) is 0. The van der Waals surface area contributed by atoms with E-state index in [1.165, 1.54) is 15.6 Å². The quantitative estimate of drug-likeness (QED) is 0.720. The number of benzene rings is 2. The third kappa shape index (κ3) is 1.86. The molecule has 3 rings (SSSR count). The molecule has 0 aliphatic rings. The van der Waals surface area contributed by atoms with Gasteiger partial charge in [0.2, 0.25) is 0 Å². The second kappa shape index (κ2) is 4.32. The average molecular weight is 239 g/mol. The topological polar surface area (TPSA) is 26.0 Å². The third-order valence-corrected chi connectivity index (χ3v) is 3.99. The second-order valence-electron chi connectivity index (χ2n) is 4.08. The minimum absolute atomic E-state index is 0.0349. The minimum Gasteiger partial charge on any atom is -0.320 e. The van der Waals surface area contributed by atoms with E-state index in [-0.39, 0.29) is 6.04 Å². The number of hydrogen-bond donors (Lipinski definition) is 1. The molecule has 0 fully saturated rings. The van der Waals surface area contributed by atoms with Crippen LogP contribution in [0.4, 0.5) is 0 Å².